The van der Waals surface area contributed by atoms with Crippen LogP contribution in [0.1, 0.15) is 54.2 Å². The quantitative estimate of drug-likeness (QED) is 0.522. The van der Waals surface area contributed by atoms with Crippen LogP contribution in [0.2, 0.25) is 0 Å². The minimum absolute atomic E-state index is 0.198. The molecule has 7 nitrogen and oxygen atoms in total. The number of carbonyl (C=O) groups is 1. The molecule has 0 unspecified atom stereocenters. The molecule has 1 aliphatic heterocycles. The van der Waals surface area contributed by atoms with E-state index in [4.69, 9.17) is 9.47 Å². The van der Waals surface area contributed by atoms with Gasteiger partial charge in [0.05, 0.1) is 42.0 Å². The molecule has 0 aliphatic carbocycles. The first-order chi connectivity index (χ1) is 16.1. The Bertz CT molecular complexity index is 1090. The van der Waals surface area contributed by atoms with Gasteiger partial charge in [-0.25, -0.2) is 4.68 Å². The number of ether oxygens (including phenoxy) is 2. The molecule has 0 spiro atoms. The maximum atomic E-state index is 13.5. The average Bonchev–Trinajstić information content (AvgIpc) is 3.27. The van der Waals surface area contributed by atoms with E-state index in [1.54, 1.807) is 12.3 Å². The third-order valence-electron chi connectivity index (χ3n) is 5.87. The molecule has 0 bridgehead atoms. The number of hydrogen-bond acceptors (Lipinski definition) is 5. The van der Waals surface area contributed by atoms with E-state index in [9.17, 15) is 4.79 Å². The number of aryl methyl sites for hydroxylation is 1. The summed E-state index contributed by atoms with van der Waals surface area (Å²) in [5.41, 5.74) is 4.28. The zero-order valence-electron chi connectivity index (χ0n) is 19.6. The van der Waals surface area contributed by atoms with Gasteiger partial charge in [-0.15, -0.1) is 0 Å². The lowest BCUT2D eigenvalue weighted by molar-refractivity contribution is 0.102. The molecule has 1 aliphatic rings. The van der Waals surface area contributed by atoms with Crippen molar-refractivity contribution in [2.45, 2.75) is 39.5 Å². The van der Waals surface area contributed by atoms with Crippen molar-refractivity contribution in [1.82, 2.24) is 15.1 Å². The van der Waals surface area contributed by atoms with Gasteiger partial charge in [-0.1, -0.05) is 17.7 Å². The maximum Gasteiger partial charge on any atom is 0.259 e. The van der Waals surface area contributed by atoms with E-state index < -0.39 is 0 Å². The van der Waals surface area contributed by atoms with Crippen LogP contribution >= 0.6 is 0 Å². The van der Waals surface area contributed by atoms with Gasteiger partial charge in [0.1, 0.15) is 11.5 Å². The van der Waals surface area contributed by atoms with E-state index in [0.717, 1.165) is 37.3 Å². The first kappa shape index (κ1) is 22.9. The summed E-state index contributed by atoms with van der Waals surface area (Å²) in [5, 5.41) is 11.1. The second-order valence-electron chi connectivity index (χ2n) is 8.19. The molecule has 0 saturated carbocycles. The molecule has 2 heterocycles. The number of piperidine rings is 1. The van der Waals surface area contributed by atoms with Crippen LogP contribution in [0.3, 0.4) is 0 Å². The van der Waals surface area contributed by atoms with E-state index in [1.165, 1.54) is 5.56 Å². The SMILES string of the molecule is CCOc1ccc(OCC)c(NC(=O)c2cnn(-c3ccc(C)cc3)c2C2CCNCC2)c1. The Morgan fingerprint density at radius 3 is 2.52 bits per heavy atom. The van der Waals surface area contributed by atoms with Crippen LogP contribution in [0.15, 0.2) is 48.7 Å². The van der Waals surface area contributed by atoms with Crippen molar-refractivity contribution in [2.75, 3.05) is 31.6 Å². The molecular formula is C26H32N4O3. The van der Waals surface area contributed by atoms with Crippen molar-refractivity contribution in [1.29, 1.82) is 0 Å². The summed E-state index contributed by atoms with van der Waals surface area (Å²) in [7, 11) is 0. The number of nitrogens with one attached hydrogen (secondary N) is 2. The summed E-state index contributed by atoms with van der Waals surface area (Å²) in [6, 6.07) is 13.7. The Labute approximate surface area is 195 Å². The van der Waals surface area contributed by atoms with Gasteiger partial charge in [-0.05, 0) is 71.0 Å². The van der Waals surface area contributed by atoms with Crippen molar-refractivity contribution in [3.63, 3.8) is 0 Å². The first-order valence-corrected chi connectivity index (χ1v) is 11.7. The standard InChI is InChI=1S/C26H32N4O3/c1-4-32-21-10-11-24(33-5-2)23(16-21)29-26(31)22-17-28-30(20-8-6-18(3)7-9-20)25(22)19-12-14-27-15-13-19/h6-11,16-17,19,27H,4-5,12-15H2,1-3H3,(H,29,31). The van der Waals surface area contributed by atoms with Gasteiger partial charge in [0.25, 0.3) is 5.91 Å². The number of rotatable bonds is 8. The number of carbonyl (C=O) groups excluding carboxylic acids is 1. The van der Waals surface area contributed by atoms with E-state index >= 15 is 0 Å². The smallest absolute Gasteiger partial charge is 0.259 e. The predicted octanol–water partition coefficient (Wildman–Crippen LogP) is 4.70. The molecular weight excluding hydrogens is 416 g/mol. The second-order valence-corrected chi connectivity index (χ2v) is 8.19. The van der Waals surface area contributed by atoms with E-state index in [0.29, 0.717) is 36.0 Å². The molecule has 1 amide bonds. The zero-order chi connectivity index (χ0) is 23.2. The normalized spacial score (nSPS) is 14.2. The molecule has 2 aromatic carbocycles. The molecule has 174 valence electrons. The van der Waals surface area contributed by atoms with Crippen LogP contribution in [0.5, 0.6) is 11.5 Å². The van der Waals surface area contributed by atoms with Gasteiger partial charge in [-0.2, -0.15) is 5.10 Å². The van der Waals surface area contributed by atoms with Crippen molar-refractivity contribution in [3.8, 4) is 17.2 Å². The predicted molar refractivity (Wildman–Crippen MR) is 130 cm³/mol. The van der Waals surface area contributed by atoms with Crippen LogP contribution in [-0.4, -0.2) is 42.0 Å². The summed E-state index contributed by atoms with van der Waals surface area (Å²) in [4.78, 5) is 13.5. The van der Waals surface area contributed by atoms with Crippen LogP contribution < -0.4 is 20.1 Å². The fourth-order valence-corrected chi connectivity index (χ4v) is 4.25. The van der Waals surface area contributed by atoms with Gasteiger partial charge < -0.3 is 20.1 Å². The Morgan fingerprint density at radius 2 is 1.82 bits per heavy atom. The van der Waals surface area contributed by atoms with Gasteiger partial charge in [0.15, 0.2) is 0 Å². The van der Waals surface area contributed by atoms with Crippen LogP contribution in [0.4, 0.5) is 5.69 Å². The fourth-order valence-electron chi connectivity index (χ4n) is 4.25. The number of nitrogens with zero attached hydrogens (tertiary/aromatic N) is 2. The first-order valence-electron chi connectivity index (χ1n) is 11.7. The molecule has 0 atom stereocenters. The van der Waals surface area contributed by atoms with Gasteiger partial charge >= 0.3 is 0 Å². The number of anilines is 1. The molecule has 1 saturated heterocycles. The highest BCUT2D eigenvalue weighted by Gasteiger charge is 2.27. The second kappa shape index (κ2) is 10.5. The summed E-state index contributed by atoms with van der Waals surface area (Å²) in [5.74, 6) is 1.35. The summed E-state index contributed by atoms with van der Waals surface area (Å²) >= 11 is 0. The number of aromatic nitrogens is 2. The van der Waals surface area contributed by atoms with Gasteiger partial charge in [0, 0.05) is 12.0 Å². The Morgan fingerprint density at radius 1 is 1.09 bits per heavy atom. The molecule has 0 radical (unpaired) electrons. The third-order valence-corrected chi connectivity index (χ3v) is 5.87. The molecule has 4 rings (SSSR count). The lowest BCUT2D eigenvalue weighted by atomic mass is 9.91. The highest BCUT2D eigenvalue weighted by Crippen LogP contribution is 2.33. The minimum Gasteiger partial charge on any atom is -0.494 e. The summed E-state index contributed by atoms with van der Waals surface area (Å²) < 4.78 is 13.3. The topological polar surface area (TPSA) is 77.4 Å². The highest BCUT2D eigenvalue weighted by molar-refractivity contribution is 6.06. The van der Waals surface area contributed by atoms with Crippen LogP contribution in [-0.2, 0) is 0 Å². The van der Waals surface area contributed by atoms with Crippen molar-refractivity contribution < 1.29 is 14.3 Å². The van der Waals surface area contributed by atoms with E-state index in [-0.39, 0.29) is 11.8 Å². The Hall–Kier alpha value is -3.32. The number of benzene rings is 2. The molecule has 1 aromatic heterocycles. The Balaban J connectivity index is 1.70. The molecule has 33 heavy (non-hydrogen) atoms. The van der Waals surface area contributed by atoms with E-state index in [2.05, 4.69) is 34.8 Å². The highest BCUT2D eigenvalue weighted by atomic mass is 16.5. The number of hydrogen-bond donors (Lipinski definition) is 2. The van der Waals surface area contributed by atoms with Crippen LogP contribution in [0.25, 0.3) is 5.69 Å². The molecule has 7 heteroatoms. The minimum atomic E-state index is -0.198. The van der Waals surface area contributed by atoms with Crippen LogP contribution in [0, 0.1) is 6.92 Å². The zero-order valence-corrected chi connectivity index (χ0v) is 19.6. The molecule has 3 aromatic rings. The largest absolute Gasteiger partial charge is 0.494 e. The van der Waals surface area contributed by atoms with Gasteiger partial charge in [0.2, 0.25) is 0 Å². The summed E-state index contributed by atoms with van der Waals surface area (Å²) in [6.07, 6.45) is 3.60. The Kier molecular flexibility index (Phi) is 7.29. The average molecular weight is 449 g/mol. The molecule has 2 N–H and O–H groups in total. The number of amides is 1. The lowest BCUT2D eigenvalue weighted by Gasteiger charge is -2.25. The molecule has 1 fully saturated rings. The van der Waals surface area contributed by atoms with E-state index in [1.807, 2.05) is 42.8 Å². The summed E-state index contributed by atoms with van der Waals surface area (Å²) in [6.45, 7) is 8.81. The van der Waals surface area contributed by atoms with Crippen molar-refractivity contribution in [2.24, 2.45) is 0 Å². The van der Waals surface area contributed by atoms with Crippen molar-refractivity contribution in [3.05, 3.63) is 65.5 Å². The third kappa shape index (κ3) is 5.20. The monoisotopic (exact) mass is 448 g/mol. The fraction of sp³-hybridized carbons (Fsp3) is 0.385. The maximum absolute atomic E-state index is 13.5. The van der Waals surface area contributed by atoms with Gasteiger partial charge in [-0.3, -0.25) is 4.79 Å². The van der Waals surface area contributed by atoms with Crippen molar-refractivity contribution >= 4 is 11.6 Å². The lowest BCUT2D eigenvalue weighted by Crippen LogP contribution is -2.29.